The van der Waals surface area contributed by atoms with Gasteiger partial charge in [0.05, 0.1) is 6.10 Å². The number of hydrogen-bond acceptors (Lipinski definition) is 3. The Balaban J connectivity index is 2.00. The fourth-order valence-electron chi connectivity index (χ4n) is 4.28. The van der Waals surface area contributed by atoms with Crippen LogP contribution in [0.25, 0.3) is 0 Å². The zero-order valence-electron chi connectivity index (χ0n) is 14.8. The van der Waals surface area contributed by atoms with Crippen LogP contribution in [-0.2, 0) is 4.74 Å². The van der Waals surface area contributed by atoms with Gasteiger partial charge in [-0.1, -0.05) is 27.7 Å². The summed E-state index contributed by atoms with van der Waals surface area (Å²) in [6, 6.07) is 1.41. The molecule has 1 saturated heterocycles. The van der Waals surface area contributed by atoms with Gasteiger partial charge in [-0.05, 0) is 50.0 Å². The smallest absolute Gasteiger partial charge is 0.0595 e. The topological polar surface area (TPSA) is 24.5 Å². The first kappa shape index (κ1) is 17.2. The van der Waals surface area contributed by atoms with Crippen molar-refractivity contribution in [3.63, 3.8) is 0 Å². The molecule has 0 bridgehead atoms. The number of likely N-dealkylation sites (tertiary alicyclic amines) is 1. The first-order chi connectivity index (χ1) is 9.95. The molecule has 3 unspecified atom stereocenters. The van der Waals surface area contributed by atoms with E-state index in [2.05, 4.69) is 37.9 Å². The van der Waals surface area contributed by atoms with Crippen LogP contribution in [0.4, 0.5) is 0 Å². The first-order valence-electron chi connectivity index (χ1n) is 8.96. The second-order valence-corrected chi connectivity index (χ2v) is 8.08. The van der Waals surface area contributed by atoms with Gasteiger partial charge in [0.15, 0.2) is 0 Å². The van der Waals surface area contributed by atoms with Gasteiger partial charge in [-0.25, -0.2) is 0 Å². The van der Waals surface area contributed by atoms with E-state index in [9.17, 15) is 0 Å². The predicted molar refractivity (Wildman–Crippen MR) is 89.7 cm³/mol. The van der Waals surface area contributed by atoms with Crippen molar-refractivity contribution in [2.45, 2.75) is 78.0 Å². The Kier molecular flexibility index (Phi) is 6.10. The molecule has 1 N–H and O–H groups in total. The van der Waals surface area contributed by atoms with E-state index in [4.69, 9.17) is 4.74 Å². The molecule has 1 aliphatic heterocycles. The standard InChI is InChI=1S/C18H36N2O/c1-6-19-16-8-7-14(18(2,3)4)13-17(16)20-11-9-15(21-5)10-12-20/h14-17,19H,6-13H2,1-5H3. The van der Waals surface area contributed by atoms with Crippen LogP contribution in [-0.4, -0.2) is 49.8 Å². The van der Waals surface area contributed by atoms with Gasteiger partial charge in [0.25, 0.3) is 0 Å². The molecule has 2 fully saturated rings. The van der Waals surface area contributed by atoms with Crippen LogP contribution in [0.15, 0.2) is 0 Å². The van der Waals surface area contributed by atoms with Crippen molar-refractivity contribution in [1.82, 2.24) is 10.2 Å². The van der Waals surface area contributed by atoms with Gasteiger partial charge in [-0.2, -0.15) is 0 Å². The summed E-state index contributed by atoms with van der Waals surface area (Å²) in [7, 11) is 1.86. The molecule has 0 aromatic rings. The summed E-state index contributed by atoms with van der Waals surface area (Å²) in [6.45, 7) is 13.0. The van der Waals surface area contributed by atoms with Crippen molar-refractivity contribution in [1.29, 1.82) is 0 Å². The molecule has 3 heteroatoms. The summed E-state index contributed by atoms with van der Waals surface area (Å²) in [5, 5.41) is 3.76. The average Bonchev–Trinajstić information content (AvgIpc) is 2.47. The highest BCUT2D eigenvalue weighted by molar-refractivity contribution is 4.95. The minimum Gasteiger partial charge on any atom is -0.381 e. The second kappa shape index (κ2) is 7.43. The Labute approximate surface area is 131 Å². The summed E-state index contributed by atoms with van der Waals surface area (Å²) < 4.78 is 5.53. The largest absolute Gasteiger partial charge is 0.381 e. The van der Waals surface area contributed by atoms with Crippen molar-refractivity contribution in [2.75, 3.05) is 26.7 Å². The van der Waals surface area contributed by atoms with E-state index in [-0.39, 0.29) is 0 Å². The van der Waals surface area contributed by atoms with Crippen LogP contribution < -0.4 is 5.32 Å². The van der Waals surface area contributed by atoms with Crippen molar-refractivity contribution in [3.8, 4) is 0 Å². The maximum Gasteiger partial charge on any atom is 0.0595 e. The van der Waals surface area contributed by atoms with Crippen LogP contribution in [0.2, 0.25) is 0 Å². The molecular weight excluding hydrogens is 260 g/mol. The molecule has 2 aliphatic rings. The van der Waals surface area contributed by atoms with Gasteiger partial charge in [0.2, 0.25) is 0 Å². The molecule has 0 aromatic carbocycles. The Hall–Kier alpha value is -0.120. The molecule has 0 radical (unpaired) electrons. The summed E-state index contributed by atoms with van der Waals surface area (Å²) in [4.78, 5) is 2.75. The molecule has 21 heavy (non-hydrogen) atoms. The number of rotatable bonds is 4. The summed E-state index contributed by atoms with van der Waals surface area (Å²) >= 11 is 0. The highest BCUT2D eigenvalue weighted by Gasteiger charge is 2.39. The molecule has 1 saturated carbocycles. The summed E-state index contributed by atoms with van der Waals surface area (Å²) in [5.41, 5.74) is 0.445. The zero-order valence-corrected chi connectivity index (χ0v) is 14.8. The third-order valence-electron chi connectivity index (χ3n) is 5.79. The van der Waals surface area contributed by atoms with Gasteiger partial charge >= 0.3 is 0 Å². The van der Waals surface area contributed by atoms with Crippen molar-refractivity contribution in [2.24, 2.45) is 11.3 Å². The maximum absolute atomic E-state index is 5.53. The van der Waals surface area contributed by atoms with E-state index in [1.54, 1.807) is 0 Å². The Bertz CT molecular complexity index is 305. The third-order valence-corrected chi connectivity index (χ3v) is 5.79. The van der Waals surface area contributed by atoms with E-state index < -0.39 is 0 Å². The number of methoxy groups -OCH3 is 1. The van der Waals surface area contributed by atoms with Crippen molar-refractivity contribution >= 4 is 0 Å². The quantitative estimate of drug-likeness (QED) is 0.861. The molecule has 2 rings (SSSR count). The van der Waals surface area contributed by atoms with Crippen LogP contribution in [0.5, 0.6) is 0 Å². The minimum absolute atomic E-state index is 0.445. The number of nitrogens with one attached hydrogen (secondary N) is 1. The molecule has 0 aromatic heterocycles. The lowest BCUT2D eigenvalue weighted by atomic mass is 9.69. The monoisotopic (exact) mass is 296 g/mol. The van der Waals surface area contributed by atoms with Crippen molar-refractivity contribution < 1.29 is 4.74 Å². The van der Waals surface area contributed by atoms with E-state index in [0.717, 1.165) is 18.5 Å². The van der Waals surface area contributed by atoms with Crippen LogP contribution >= 0.6 is 0 Å². The predicted octanol–water partition coefficient (Wildman–Crippen LogP) is 3.29. The van der Waals surface area contributed by atoms with E-state index in [0.29, 0.717) is 17.6 Å². The number of piperidine rings is 1. The number of ether oxygens (including phenoxy) is 1. The summed E-state index contributed by atoms with van der Waals surface area (Å²) in [5.74, 6) is 0.859. The first-order valence-corrected chi connectivity index (χ1v) is 8.96. The molecule has 1 heterocycles. The molecule has 1 aliphatic carbocycles. The van der Waals surface area contributed by atoms with E-state index in [1.807, 2.05) is 7.11 Å². The highest BCUT2D eigenvalue weighted by Crippen LogP contribution is 2.40. The molecule has 3 atom stereocenters. The van der Waals surface area contributed by atoms with E-state index >= 15 is 0 Å². The fraction of sp³-hybridized carbons (Fsp3) is 1.00. The summed E-state index contributed by atoms with van der Waals surface area (Å²) in [6.07, 6.45) is 6.97. The van der Waals surface area contributed by atoms with Crippen LogP contribution in [0, 0.1) is 11.3 Å². The highest BCUT2D eigenvalue weighted by atomic mass is 16.5. The SMILES string of the molecule is CCNC1CCC(C(C)(C)C)CC1N1CCC(OC)CC1. The fourth-order valence-corrected chi connectivity index (χ4v) is 4.28. The molecule has 0 spiro atoms. The lowest BCUT2D eigenvalue weighted by Gasteiger charge is -2.48. The number of hydrogen-bond donors (Lipinski definition) is 1. The number of likely N-dealkylation sites (N-methyl/N-ethyl adjacent to an activating group) is 1. The van der Waals surface area contributed by atoms with Crippen LogP contribution in [0.3, 0.4) is 0 Å². The number of nitrogens with zero attached hydrogens (tertiary/aromatic N) is 1. The van der Waals surface area contributed by atoms with Gasteiger partial charge in [-0.15, -0.1) is 0 Å². The van der Waals surface area contributed by atoms with E-state index in [1.165, 1.54) is 45.2 Å². The van der Waals surface area contributed by atoms with Crippen LogP contribution in [0.1, 0.15) is 59.8 Å². The molecule has 124 valence electrons. The van der Waals surface area contributed by atoms with Gasteiger partial charge in [-0.3, -0.25) is 4.90 Å². The molecule has 3 nitrogen and oxygen atoms in total. The maximum atomic E-state index is 5.53. The lowest BCUT2D eigenvalue weighted by molar-refractivity contribution is -0.00172. The Morgan fingerprint density at radius 2 is 1.76 bits per heavy atom. The average molecular weight is 296 g/mol. The normalized spacial score (nSPS) is 33.3. The zero-order chi connectivity index (χ0) is 15.5. The molecule has 0 amide bonds. The van der Waals surface area contributed by atoms with Gasteiger partial charge in [0.1, 0.15) is 0 Å². The second-order valence-electron chi connectivity index (χ2n) is 8.08. The minimum atomic E-state index is 0.445. The van der Waals surface area contributed by atoms with Gasteiger partial charge in [0, 0.05) is 32.3 Å². The lowest BCUT2D eigenvalue weighted by Crippen LogP contribution is -2.56. The third kappa shape index (κ3) is 4.43. The Morgan fingerprint density at radius 3 is 2.29 bits per heavy atom. The van der Waals surface area contributed by atoms with Gasteiger partial charge < -0.3 is 10.1 Å². The van der Waals surface area contributed by atoms with Crippen molar-refractivity contribution in [3.05, 3.63) is 0 Å². The Morgan fingerprint density at radius 1 is 1.10 bits per heavy atom. The molecular formula is C18H36N2O.